The minimum Gasteiger partial charge on any atom is -0.326 e. The maximum Gasteiger partial charge on any atom is 0.256 e. The van der Waals surface area contributed by atoms with Crippen molar-refractivity contribution in [3.8, 4) is 0 Å². The second-order valence-corrected chi connectivity index (χ2v) is 9.74. The number of halogens is 6. The summed E-state index contributed by atoms with van der Waals surface area (Å²) in [7, 11) is 0. The second kappa shape index (κ2) is 9.13. The van der Waals surface area contributed by atoms with E-state index >= 15 is 0 Å². The third kappa shape index (κ3) is 4.73. The van der Waals surface area contributed by atoms with Crippen LogP contribution in [0.5, 0.6) is 0 Å². The van der Waals surface area contributed by atoms with Gasteiger partial charge in [-0.05, 0) is 66.6 Å². The average molecular weight is 528 g/mol. The van der Waals surface area contributed by atoms with Crippen LogP contribution >= 0.6 is 34.8 Å². The van der Waals surface area contributed by atoms with Gasteiger partial charge >= 0.3 is 0 Å². The minimum atomic E-state index is -1.47. The lowest BCUT2D eigenvalue weighted by Crippen LogP contribution is -2.19. The van der Waals surface area contributed by atoms with Gasteiger partial charge in [0, 0.05) is 22.9 Å². The van der Waals surface area contributed by atoms with Crippen LogP contribution < -0.4 is 10.6 Å². The third-order valence-electron chi connectivity index (χ3n) is 5.60. The first kappa shape index (κ1) is 24.4. The van der Waals surface area contributed by atoms with Crippen molar-refractivity contribution in [2.45, 2.75) is 17.2 Å². The van der Waals surface area contributed by atoms with E-state index in [-0.39, 0.29) is 21.8 Å². The second-order valence-electron chi connectivity index (χ2n) is 7.88. The van der Waals surface area contributed by atoms with Crippen LogP contribution in [-0.4, -0.2) is 16.1 Å². The van der Waals surface area contributed by atoms with Crippen molar-refractivity contribution < 1.29 is 22.8 Å². The zero-order chi connectivity index (χ0) is 24.8. The Balaban J connectivity index is 1.54. The zero-order valence-electron chi connectivity index (χ0n) is 17.4. The molecule has 0 radical (unpaired) electrons. The number of nitrogens with one attached hydrogen (secondary N) is 2. The minimum absolute atomic E-state index is 0.0178. The molecule has 2 N–H and O–H groups in total. The molecule has 2 unspecified atom stereocenters. The average Bonchev–Trinajstić information content (AvgIpc) is 3.36. The third-order valence-corrected chi connectivity index (χ3v) is 6.83. The van der Waals surface area contributed by atoms with Gasteiger partial charge in [0.2, 0.25) is 5.91 Å². The van der Waals surface area contributed by atoms with E-state index in [1.807, 2.05) is 0 Å². The molecule has 176 valence electrons. The summed E-state index contributed by atoms with van der Waals surface area (Å²) in [5.74, 6) is -4.65. The van der Waals surface area contributed by atoms with Crippen molar-refractivity contribution >= 4 is 58.0 Å². The summed E-state index contributed by atoms with van der Waals surface area (Å²) in [4.78, 5) is 25.6. The number of carbonyl (C=O) groups excluding carboxylic acids is 2. The Bertz CT molecular complexity index is 1300. The summed E-state index contributed by atoms with van der Waals surface area (Å²) in [6.07, 6.45) is 0. The van der Waals surface area contributed by atoms with E-state index in [1.165, 1.54) is 49.4 Å². The van der Waals surface area contributed by atoms with Gasteiger partial charge in [0.25, 0.3) is 5.91 Å². The Morgan fingerprint density at radius 3 is 2.21 bits per heavy atom. The molecule has 1 saturated carbocycles. The number of anilines is 2. The lowest BCUT2D eigenvalue weighted by Gasteiger charge is -2.12. The predicted octanol–water partition coefficient (Wildman–Crippen LogP) is 6.84. The van der Waals surface area contributed by atoms with Gasteiger partial charge in [-0.25, -0.2) is 13.2 Å². The molecule has 0 heterocycles. The molecule has 3 aromatic carbocycles. The van der Waals surface area contributed by atoms with Gasteiger partial charge in [-0.15, -0.1) is 23.2 Å². The summed E-state index contributed by atoms with van der Waals surface area (Å²) in [6, 6.07) is 11.4. The van der Waals surface area contributed by atoms with Crippen LogP contribution in [0, 0.1) is 30.3 Å². The van der Waals surface area contributed by atoms with Crippen LogP contribution in [-0.2, 0) is 4.79 Å². The van der Waals surface area contributed by atoms with Gasteiger partial charge in [0.1, 0.15) is 21.8 Å². The molecule has 1 aliphatic carbocycles. The lowest BCUT2D eigenvalue weighted by atomic mass is 10.1. The Kier molecular flexibility index (Phi) is 6.55. The van der Waals surface area contributed by atoms with E-state index in [9.17, 15) is 22.8 Å². The number of alkyl halides is 2. The van der Waals surface area contributed by atoms with Gasteiger partial charge in [0.15, 0.2) is 0 Å². The first-order valence-corrected chi connectivity index (χ1v) is 11.1. The molecular weight excluding hydrogens is 512 g/mol. The maximum atomic E-state index is 14.6. The fraction of sp³-hybridized carbons (Fsp3) is 0.167. The smallest absolute Gasteiger partial charge is 0.256 e. The van der Waals surface area contributed by atoms with E-state index in [1.54, 1.807) is 0 Å². The van der Waals surface area contributed by atoms with Gasteiger partial charge in [0.05, 0.1) is 10.9 Å². The topological polar surface area (TPSA) is 58.2 Å². The summed E-state index contributed by atoms with van der Waals surface area (Å²) in [5, 5.41) is 4.95. The molecule has 2 amide bonds. The number of benzene rings is 3. The maximum absolute atomic E-state index is 14.6. The molecule has 4 nitrogen and oxygen atoms in total. The predicted molar refractivity (Wildman–Crippen MR) is 126 cm³/mol. The molecule has 3 aromatic rings. The summed E-state index contributed by atoms with van der Waals surface area (Å²) >= 11 is 18.4. The number of carbonyl (C=O) groups is 2. The molecule has 1 aliphatic rings. The zero-order valence-corrected chi connectivity index (χ0v) is 19.7. The van der Waals surface area contributed by atoms with E-state index in [4.69, 9.17) is 34.8 Å². The number of hydrogen-bond donors (Lipinski definition) is 2. The molecule has 2 atom stereocenters. The number of hydrogen-bond acceptors (Lipinski definition) is 2. The lowest BCUT2D eigenvalue weighted by molar-refractivity contribution is -0.117. The van der Waals surface area contributed by atoms with Gasteiger partial charge in [-0.2, -0.15) is 0 Å². The Morgan fingerprint density at radius 1 is 0.882 bits per heavy atom. The van der Waals surface area contributed by atoms with Crippen LogP contribution in [0.1, 0.15) is 27.4 Å². The largest absolute Gasteiger partial charge is 0.326 e. The van der Waals surface area contributed by atoms with E-state index < -0.39 is 45.4 Å². The van der Waals surface area contributed by atoms with Crippen molar-refractivity contribution in [3.63, 3.8) is 0 Å². The molecule has 10 heteroatoms. The first-order valence-electron chi connectivity index (χ1n) is 9.99. The normalized spacial score (nSPS) is 18.3. The first-order chi connectivity index (χ1) is 16.0. The highest BCUT2D eigenvalue weighted by atomic mass is 35.5. The Labute approximate surface area is 208 Å². The molecular formula is C24H16Cl3F3N2O2. The van der Waals surface area contributed by atoms with Crippen molar-refractivity contribution in [2.75, 3.05) is 10.6 Å². The van der Waals surface area contributed by atoms with Crippen LogP contribution in [0.15, 0.2) is 54.6 Å². The number of rotatable bonds is 5. The van der Waals surface area contributed by atoms with Crippen molar-refractivity contribution in [3.05, 3.63) is 93.8 Å². The van der Waals surface area contributed by atoms with Crippen LogP contribution in [0.3, 0.4) is 0 Å². The van der Waals surface area contributed by atoms with Crippen molar-refractivity contribution in [2.24, 2.45) is 5.92 Å². The highest BCUT2D eigenvalue weighted by molar-refractivity contribution is 6.53. The molecule has 4 rings (SSSR count). The van der Waals surface area contributed by atoms with Gasteiger partial charge < -0.3 is 10.6 Å². The van der Waals surface area contributed by atoms with Crippen molar-refractivity contribution in [1.82, 2.24) is 0 Å². The molecule has 1 fully saturated rings. The van der Waals surface area contributed by atoms with Gasteiger partial charge in [-0.1, -0.05) is 17.7 Å². The van der Waals surface area contributed by atoms with E-state index in [0.717, 1.165) is 12.1 Å². The molecule has 34 heavy (non-hydrogen) atoms. The molecule has 0 aromatic heterocycles. The summed E-state index contributed by atoms with van der Waals surface area (Å²) in [6.45, 7) is 1.41. The molecule has 0 saturated heterocycles. The summed E-state index contributed by atoms with van der Waals surface area (Å²) < 4.78 is 39.7. The van der Waals surface area contributed by atoms with E-state index in [2.05, 4.69) is 10.6 Å². The number of amides is 2. The van der Waals surface area contributed by atoms with Crippen LogP contribution in [0.25, 0.3) is 0 Å². The van der Waals surface area contributed by atoms with Crippen molar-refractivity contribution in [1.29, 1.82) is 0 Å². The monoisotopic (exact) mass is 526 g/mol. The molecule has 0 aliphatic heterocycles. The van der Waals surface area contributed by atoms with E-state index in [0.29, 0.717) is 11.3 Å². The molecule has 0 spiro atoms. The van der Waals surface area contributed by atoms with Crippen LogP contribution in [0.2, 0.25) is 5.02 Å². The Hall–Kier alpha value is -2.74. The standard InChI is InChI=1S/C24H16Cl3F3N2O2/c1-11-16(22(33)31-14-5-3-13(28)4-6-14)9-15(10-19(11)30)32-23(34)21-20(24(21,26)27)12-2-7-18(29)17(25)8-12/h2-10,20-21H,1H3,(H,31,33)(H,32,34). The van der Waals surface area contributed by atoms with Crippen LogP contribution in [0.4, 0.5) is 24.5 Å². The fourth-order valence-electron chi connectivity index (χ4n) is 3.71. The SMILES string of the molecule is Cc1c(F)cc(NC(=O)C2C(c3ccc(F)c(Cl)c3)C2(Cl)Cl)cc1C(=O)Nc1ccc(F)cc1. The summed E-state index contributed by atoms with van der Waals surface area (Å²) in [5.41, 5.74) is 0.843. The Morgan fingerprint density at radius 2 is 1.56 bits per heavy atom. The highest BCUT2D eigenvalue weighted by Crippen LogP contribution is 2.65. The quantitative estimate of drug-likeness (QED) is 0.357. The molecule has 0 bridgehead atoms. The van der Waals surface area contributed by atoms with Gasteiger partial charge in [-0.3, -0.25) is 9.59 Å². The fourth-order valence-corrected chi connectivity index (χ4v) is 4.73. The highest BCUT2D eigenvalue weighted by Gasteiger charge is 2.67.